The smallest absolute Gasteiger partial charge is 0.310 e. The lowest BCUT2D eigenvalue weighted by atomic mass is 9.71. The number of aliphatic hydroxyl groups excluding tert-OH is 1. The number of ether oxygens (including phenoxy) is 2. The van der Waals surface area contributed by atoms with Crippen LogP contribution in [0.25, 0.3) is 0 Å². The first-order valence-corrected chi connectivity index (χ1v) is 15.6. The van der Waals surface area contributed by atoms with Gasteiger partial charge in [0, 0.05) is 17.5 Å². The summed E-state index contributed by atoms with van der Waals surface area (Å²) in [7, 11) is 1.59. The van der Waals surface area contributed by atoms with E-state index in [4.69, 9.17) is 9.47 Å². The summed E-state index contributed by atoms with van der Waals surface area (Å²) >= 11 is 1.61. The van der Waals surface area contributed by atoms with E-state index in [-0.39, 0.29) is 42.1 Å². The highest BCUT2D eigenvalue weighted by Crippen LogP contribution is 2.67. The van der Waals surface area contributed by atoms with Crippen molar-refractivity contribution in [3.05, 3.63) is 49.6 Å². The van der Waals surface area contributed by atoms with E-state index in [1.165, 1.54) is 0 Å². The molecule has 7 atom stereocenters. The van der Waals surface area contributed by atoms with E-state index in [2.05, 4.69) is 13.2 Å². The molecule has 1 N–H and O–H groups in total. The average Bonchev–Trinajstić information content (AvgIpc) is 3.63. The molecule has 3 aliphatic heterocycles. The average molecular weight is 585 g/mol. The van der Waals surface area contributed by atoms with Gasteiger partial charge in [0.05, 0.1) is 42.9 Å². The molecule has 2 bridgehead atoms. The Morgan fingerprint density at radius 1 is 1.24 bits per heavy atom. The van der Waals surface area contributed by atoms with Crippen LogP contribution in [0.2, 0.25) is 0 Å². The molecule has 1 aromatic carbocycles. The predicted octanol–water partition coefficient (Wildman–Crippen LogP) is 4.61. The van der Waals surface area contributed by atoms with E-state index >= 15 is 0 Å². The number of anilines is 1. The number of benzene rings is 1. The number of thioether (sulfide) groups is 1. The largest absolute Gasteiger partial charge is 0.497 e. The minimum atomic E-state index is -0.825. The quantitative estimate of drug-likeness (QED) is 0.183. The van der Waals surface area contributed by atoms with E-state index in [0.717, 1.165) is 32.1 Å². The molecule has 0 aromatic heterocycles. The second kappa shape index (κ2) is 13.5. The first-order chi connectivity index (χ1) is 19.8. The summed E-state index contributed by atoms with van der Waals surface area (Å²) in [4.78, 5) is 45.9. The third-order valence-electron chi connectivity index (χ3n) is 9.10. The number of hydrogen-bond donors (Lipinski definition) is 1. The van der Waals surface area contributed by atoms with Crippen molar-refractivity contribution < 1.29 is 29.0 Å². The number of methoxy groups -OCH3 is 1. The fraction of sp³-hybridized carbons (Fsp3) is 0.594. The third kappa shape index (κ3) is 5.67. The molecule has 9 heteroatoms. The standard InChI is InChI=1S/C32H44N2O6S/c1-6-9-10-11-19-40-31(38)26-25-16-17-32(41-25)27(26)29(36)34(24(20-35)21(4)8-3)28(32)30(37)33(18-7-2)22-12-14-23(39-5)15-13-22/h6-7,12-15,21,24-28,35H,1-2,8-11,16-20H2,3-5H3/t21-,24-,25-,26+,27-,28?,32?/m0/s1. The van der Waals surface area contributed by atoms with Gasteiger partial charge in [-0.25, -0.2) is 0 Å². The van der Waals surface area contributed by atoms with Crippen LogP contribution in [0.4, 0.5) is 5.69 Å². The molecule has 2 unspecified atom stereocenters. The highest BCUT2D eigenvalue weighted by atomic mass is 32.2. The molecule has 1 spiro atoms. The van der Waals surface area contributed by atoms with E-state index in [1.54, 1.807) is 46.9 Å². The van der Waals surface area contributed by atoms with Gasteiger partial charge in [0.15, 0.2) is 0 Å². The number of carbonyl (C=O) groups excluding carboxylic acids is 3. The van der Waals surface area contributed by atoms with Crippen LogP contribution in [-0.4, -0.2) is 76.7 Å². The van der Waals surface area contributed by atoms with Gasteiger partial charge in [-0.3, -0.25) is 14.4 Å². The van der Waals surface area contributed by atoms with Crippen LogP contribution < -0.4 is 9.64 Å². The molecule has 0 saturated carbocycles. The van der Waals surface area contributed by atoms with Crippen LogP contribution in [0, 0.1) is 17.8 Å². The lowest BCUT2D eigenvalue weighted by molar-refractivity contribution is -0.155. The van der Waals surface area contributed by atoms with Gasteiger partial charge in [-0.2, -0.15) is 0 Å². The number of allylic oxidation sites excluding steroid dienone is 1. The molecule has 3 saturated heterocycles. The molecule has 2 amide bonds. The fourth-order valence-corrected chi connectivity index (χ4v) is 9.02. The van der Waals surface area contributed by atoms with Crippen LogP contribution in [0.1, 0.15) is 52.4 Å². The van der Waals surface area contributed by atoms with Gasteiger partial charge >= 0.3 is 5.97 Å². The summed E-state index contributed by atoms with van der Waals surface area (Å²) in [6.45, 7) is 11.9. The Balaban J connectivity index is 1.72. The molecule has 41 heavy (non-hydrogen) atoms. The van der Waals surface area contributed by atoms with E-state index in [9.17, 15) is 19.5 Å². The zero-order chi connectivity index (χ0) is 29.7. The molecule has 1 aromatic rings. The van der Waals surface area contributed by atoms with Gasteiger partial charge in [0.2, 0.25) is 5.91 Å². The maximum atomic E-state index is 14.7. The number of likely N-dealkylation sites (tertiary alicyclic amines) is 1. The van der Waals surface area contributed by atoms with Crippen molar-refractivity contribution in [2.75, 3.05) is 31.8 Å². The minimum Gasteiger partial charge on any atom is -0.497 e. The Hall–Kier alpha value is -2.78. The van der Waals surface area contributed by atoms with Crippen LogP contribution in [0.5, 0.6) is 5.75 Å². The van der Waals surface area contributed by atoms with Crippen molar-refractivity contribution in [3.8, 4) is 5.75 Å². The number of carbonyl (C=O) groups is 3. The Morgan fingerprint density at radius 3 is 2.59 bits per heavy atom. The first kappa shape index (κ1) is 31.2. The Kier molecular flexibility index (Phi) is 10.2. The summed E-state index contributed by atoms with van der Waals surface area (Å²) in [5, 5.41) is 10.5. The highest BCUT2D eigenvalue weighted by Gasteiger charge is 2.75. The zero-order valence-electron chi connectivity index (χ0n) is 24.5. The van der Waals surface area contributed by atoms with Crippen LogP contribution in [0.3, 0.4) is 0 Å². The SMILES string of the molecule is C=CCCCCOC(=O)[C@@H]1[C@@H]2CCC3(S2)C(C(=O)N(CC=C)c2ccc(OC)cc2)N([C@@H](CO)[C@@H](C)CC)C(=O)[C@H]13. The van der Waals surface area contributed by atoms with Gasteiger partial charge < -0.3 is 24.4 Å². The van der Waals surface area contributed by atoms with Gasteiger partial charge in [-0.05, 0) is 62.3 Å². The molecule has 0 radical (unpaired) electrons. The summed E-state index contributed by atoms with van der Waals surface area (Å²) < 4.78 is 10.3. The van der Waals surface area contributed by atoms with Gasteiger partial charge in [0.25, 0.3) is 5.91 Å². The van der Waals surface area contributed by atoms with Crippen molar-refractivity contribution >= 4 is 35.2 Å². The van der Waals surface area contributed by atoms with Crippen molar-refractivity contribution in [1.29, 1.82) is 0 Å². The molecule has 3 aliphatic rings. The Bertz CT molecular complexity index is 1130. The zero-order valence-corrected chi connectivity index (χ0v) is 25.3. The second-order valence-electron chi connectivity index (χ2n) is 11.3. The van der Waals surface area contributed by atoms with E-state index in [1.807, 2.05) is 32.1 Å². The predicted molar refractivity (Wildman–Crippen MR) is 162 cm³/mol. The van der Waals surface area contributed by atoms with Crippen LogP contribution >= 0.6 is 11.8 Å². The number of unbranched alkanes of at least 4 members (excludes halogenated alkanes) is 2. The number of amides is 2. The second-order valence-corrected chi connectivity index (χ2v) is 12.9. The Labute approximate surface area is 248 Å². The van der Waals surface area contributed by atoms with Crippen LogP contribution in [0.15, 0.2) is 49.6 Å². The van der Waals surface area contributed by atoms with Crippen molar-refractivity contribution in [2.45, 2.75) is 74.5 Å². The van der Waals surface area contributed by atoms with Crippen LogP contribution in [-0.2, 0) is 19.1 Å². The topological polar surface area (TPSA) is 96.4 Å². The number of hydrogen-bond acceptors (Lipinski definition) is 7. The summed E-state index contributed by atoms with van der Waals surface area (Å²) in [6.07, 6.45) is 8.10. The van der Waals surface area contributed by atoms with E-state index in [0.29, 0.717) is 24.5 Å². The normalized spacial score (nSPS) is 27.7. The van der Waals surface area contributed by atoms with Gasteiger partial charge in [-0.1, -0.05) is 32.4 Å². The van der Waals surface area contributed by atoms with E-state index < -0.39 is 28.7 Å². The molecule has 4 rings (SSSR count). The fourth-order valence-electron chi connectivity index (χ4n) is 6.83. The van der Waals surface area contributed by atoms with Gasteiger partial charge in [-0.15, -0.1) is 24.9 Å². The van der Waals surface area contributed by atoms with Crippen molar-refractivity contribution in [2.24, 2.45) is 17.8 Å². The number of nitrogens with zero attached hydrogens (tertiary/aromatic N) is 2. The van der Waals surface area contributed by atoms with Crippen molar-refractivity contribution in [1.82, 2.24) is 4.90 Å². The molecular weight excluding hydrogens is 540 g/mol. The molecular formula is C32H44N2O6S. The lowest BCUT2D eigenvalue weighted by Gasteiger charge is -2.41. The molecule has 8 nitrogen and oxygen atoms in total. The molecule has 3 heterocycles. The maximum Gasteiger partial charge on any atom is 0.310 e. The highest BCUT2D eigenvalue weighted by molar-refractivity contribution is 8.02. The monoisotopic (exact) mass is 584 g/mol. The summed E-state index contributed by atoms with van der Waals surface area (Å²) in [5.74, 6) is -1.44. The first-order valence-electron chi connectivity index (χ1n) is 14.7. The van der Waals surface area contributed by atoms with Gasteiger partial charge in [0.1, 0.15) is 11.8 Å². The maximum absolute atomic E-state index is 14.7. The Morgan fingerprint density at radius 2 is 1.98 bits per heavy atom. The number of aliphatic hydroxyl groups is 1. The summed E-state index contributed by atoms with van der Waals surface area (Å²) in [6, 6.07) is 5.86. The minimum absolute atomic E-state index is 0.0409. The summed E-state index contributed by atoms with van der Waals surface area (Å²) in [5.41, 5.74) is 0.667. The number of fused-ring (bicyclic) bond motifs is 1. The number of esters is 1. The molecule has 3 fully saturated rings. The molecule has 224 valence electrons. The third-order valence-corrected chi connectivity index (χ3v) is 11.0. The van der Waals surface area contributed by atoms with Crippen molar-refractivity contribution in [3.63, 3.8) is 0 Å². The number of rotatable bonds is 15. The lowest BCUT2D eigenvalue weighted by Crippen LogP contribution is -2.58. The molecule has 0 aliphatic carbocycles.